The summed E-state index contributed by atoms with van der Waals surface area (Å²) >= 11 is 1.82. The van der Waals surface area contributed by atoms with E-state index in [1.807, 2.05) is 22.6 Å². The van der Waals surface area contributed by atoms with Crippen LogP contribution in [0, 0.1) is 9.39 Å². The molecule has 2 atom stereocenters. The van der Waals surface area contributed by atoms with Crippen molar-refractivity contribution in [1.29, 1.82) is 0 Å². The van der Waals surface area contributed by atoms with Gasteiger partial charge in [-0.05, 0) is 41.6 Å². The summed E-state index contributed by atoms with van der Waals surface area (Å²) in [6, 6.07) is 4.20. The molecule has 0 aliphatic heterocycles. The van der Waals surface area contributed by atoms with Crippen LogP contribution in [0.4, 0.5) is 4.39 Å². The first-order chi connectivity index (χ1) is 7.99. The predicted octanol–water partition coefficient (Wildman–Crippen LogP) is 1.39. The summed E-state index contributed by atoms with van der Waals surface area (Å²) in [5.41, 5.74) is -0.103. The van der Waals surface area contributed by atoms with Crippen LogP contribution in [-0.2, 0) is 9.53 Å². The maximum absolute atomic E-state index is 13.5. The van der Waals surface area contributed by atoms with Gasteiger partial charge < -0.3 is 14.9 Å². The minimum absolute atomic E-state index is 0.0803. The number of aliphatic hydroxyl groups excluding tert-OH is 2. The molecule has 0 aromatic heterocycles. The second kappa shape index (κ2) is 6.27. The minimum atomic E-state index is -1.79. The minimum Gasteiger partial charge on any atom is -0.464 e. The van der Waals surface area contributed by atoms with Gasteiger partial charge >= 0.3 is 5.97 Å². The van der Waals surface area contributed by atoms with Gasteiger partial charge in [-0.15, -0.1) is 0 Å². The highest BCUT2D eigenvalue weighted by Gasteiger charge is 2.30. The van der Waals surface area contributed by atoms with Crippen LogP contribution in [0.15, 0.2) is 18.2 Å². The lowest BCUT2D eigenvalue weighted by Gasteiger charge is -2.18. The number of ether oxygens (including phenoxy) is 1. The van der Waals surface area contributed by atoms with Crippen LogP contribution in [-0.4, -0.2) is 28.9 Å². The van der Waals surface area contributed by atoms with Gasteiger partial charge in [-0.2, -0.15) is 0 Å². The van der Waals surface area contributed by atoms with E-state index in [1.54, 1.807) is 13.0 Å². The van der Waals surface area contributed by atoms with Crippen LogP contribution in [0.25, 0.3) is 0 Å². The fraction of sp³-hybridized carbons (Fsp3) is 0.364. The number of aliphatic hydroxyl groups is 2. The number of hydrogen-bond acceptors (Lipinski definition) is 4. The fourth-order valence-corrected chi connectivity index (χ4v) is 2.09. The lowest BCUT2D eigenvalue weighted by atomic mass is 10.0. The summed E-state index contributed by atoms with van der Waals surface area (Å²) in [7, 11) is 0. The van der Waals surface area contributed by atoms with Crippen LogP contribution in [0.2, 0.25) is 0 Å². The molecule has 1 rings (SSSR count). The lowest BCUT2D eigenvalue weighted by Crippen LogP contribution is -2.30. The zero-order valence-corrected chi connectivity index (χ0v) is 11.2. The summed E-state index contributed by atoms with van der Waals surface area (Å²) in [5.74, 6) is -1.65. The van der Waals surface area contributed by atoms with Crippen LogP contribution in [0.1, 0.15) is 18.6 Å². The predicted molar refractivity (Wildman–Crippen MR) is 66.7 cm³/mol. The molecule has 0 amide bonds. The van der Waals surface area contributed by atoms with Crippen molar-refractivity contribution in [2.45, 2.75) is 19.1 Å². The van der Waals surface area contributed by atoms with Crippen LogP contribution >= 0.6 is 22.6 Å². The highest BCUT2D eigenvalue weighted by atomic mass is 127. The second-order valence-corrected chi connectivity index (χ2v) is 4.44. The van der Waals surface area contributed by atoms with Crippen molar-refractivity contribution in [2.75, 3.05) is 6.61 Å². The third kappa shape index (κ3) is 3.36. The third-order valence-corrected chi connectivity index (χ3v) is 3.06. The molecule has 0 aliphatic rings. The van der Waals surface area contributed by atoms with Gasteiger partial charge in [0, 0.05) is 9.13 Å². The topological polar surface area (TPSA) is 66.8 Å². The molecule has 0 bridgehead atoms. The quantitative estimate of drug-likeness (QED) is 0.634. The third-order valence-electron chi connectivity index (χ3n) is 2.12. The van der Waals surface area contributed by atoms with Crippen molar-refractivity contribution in [3.05, 3.63) is 33.1 Å². The molecule has 2 unspecified atom stereocenters. The van der Waals surface area contributed by atoms with Gasteiger partial charge in [-0.3, -0.25) is 0 Å². The Kier molecular flexibility index (Phi) is 5.29. The van der Waals surface area contributed by atoms with E-state index in [9.17, 15) is 19.4 Å². The summed E-state index contributed by atoms with van der Waals surface area (Å²) in [5, 5.41) is 19.3. The van der Waals surface area contributed by atoms with Gasteiger partial charge in [-0.1, -0.05) is 6.07 Å². The Balaban J connectivity index is 2.96. The molecule has 17 heavy (non-hydrogen) atoms. The Morgan fingerprint density at radius 1 is 1.53 bits per heavy atom. The van der Waals surface area contributed by atoms with Gasteiger partial charge in [0.2, 0.25) is 0 Å². The van der Waals surface area contributed by atoms with Crippen LogP contribution in [0.3, 0.4) is 0 Å². The first-order valence-electron chi connectivity index (χ1n) is 4.95. The van der Waals surface area contributed by atoms with E-state index < -0.39 is 24.0 Å². The number of hydrogen-bond donors (Lipinski definition) is 2. The van der Waals surface area contributed by atoms with Crippen LogP contribution < -0.4 is 0 Å². The standard InChI is InChI=1S/C11H12FIO4/c1-2-17-11(16)10(15)9(14)8-6(12)4-3-5-7(8)13/h3-5,9-10,14-15H,2H2,1H3. The maximum atomic E-state index is 13.5. The molecule has 94 valence electrons. The first-order valence-corrected chi connectivity index (χ1v) is 6.03. The van der Waals surface area contributed by atoms with E-state index in [1.165, 1.54) is 6.07 Å². The first kappa shape index (κ1) is 14.3. The average molecular weight is 354 g/mol. The van der Waals surface area contributed by atoms with Crippen molar-refractivity contribution in [3.8, 4) is 0 Å². The summed E-state index contributed by atoms with van der Waals surface area (Å²) in [4.78, 5) is 11.2. The van der Waals surface area contributed by atoms with E-state index in [-0.39, 0.29) is 12.2 Å². The molecule has 4 nitrogen and oxygen atoms in total. The van der Waals surface area contributed by atoms with Crippen molar-refractivity contribution >= 4 is 28.6 Å². The summed E-state index contributed by atoms with van der Waals surface area (Å²) in [6.07, 6.45) is -3.43. The number of halogens is 2. The SMILES string of the molecule is CCOC(=O)C(O)C(O)c1c(F)cccc1I. The van der Waals surface area contributed by atoms with Gasteiger partial charge in [0.05, 0.1) is 6.61 Å². The molecule has 0 heterocycles. The largest absolute Gasteiger partial charge is 0.464 e. The van der Waals surface area contributed by atoms with Crippen molar-refractivity contribution in [2.24, 2.45) is 0 Å². The number of carbonyl (C=O) groups excluding carboxylic acids is 1. The fourth-order valence-electron chi connectivity index (χ4n) is 1.31. The van der Waals surface area contributed by atoms with Crippen LogP contribution in [0.5, 0.6) is 0 Å². The molecule has 0 spiro atoms. The highest BCUT2D eigenvalue weighted by molar-refractivity contribution is 14.1. The summed E-state index contributed by atoms with van der Waals surface area (Å²) < 4.78 is 18.5. The Morgan fingerprint density at radius 3 is 2.71 bits per heavy atom. The Hall–Kier alpha value is -0.730. The lowest BCUT2D eigenvalue weighted by molar-refractivity contribution is -0.159. The second-order valence-electron chi connectivity index (χ2n) is 3.28. The van der Waals surface area contributed by atoms with Crippen molar-refractivity contribution in [1.82, 2.24) is 0 Å². The molecule has 0 radical (unpaired) electrons. The number of rotatable bonds is 4. The molecular weight excluding hydrogens is 342 g/mol. The monoisotopic (exact) mass is 354 g/mol. The van der Waals surface area contributed by atoms with Gasteiger partial charge in [-0.25, -0.2) is 9.18 Å². The van der Waals surface area contributed by atoms with E-state index in [0.717, 1.165) is 6.07 Å². The van der Waals surface area contributed by atoms with Crippen molar-refractivity contribution in [3.63, 3.8) is 0 Å². The molecule has 0 fully saturated rings. The zero-order chi connectivity index (χ0) is 13.0. The van der Waals surface area contributed by atoms with Gasteiger partial charge in [0.25, 0.3) is 0 Å². The number of benzene rings is 1. The number of esters is 1. The smallest absolute Gasteiger partial charge is 0.338 e. The molecule has 6 heteroatoms. The van der Waals surface area contributed by atoms with Crippen molar-refractivity contribution < 1.29 is 24.1 Å². The molecule has 0 saturated carbocycles. The molecule has 0 saturated heterocycles. The maximum Gasteiger partial charge on any atom is 0.338 e. The van der Waals surface area contributed by atoms with Gasteiger partial charge in [0.15, 0.2) is 6.10 Å². The van der Waals surface area contributed by atoms with E-state index in [4.69, 9.17) is 0 Å². The molecule has 1 aromatic rings. The van der Waals surface area contributed by atoms with Gasteiger partial charge in [0.1, 0.15) is 11.9 Å². The molecule has 0 aliphatic carbocycles. The molecule has 2 N–H and O–H groups in total. The van der Waals surface area contributed by atoms with E-state index >= 15 is 0 Å². The summed E-state index contributed by atoms with van der Waals surface area (Å²) in [6.45, 7) is 1.65. The van der Waals surface area contributed by atoms with E-state index in [2.05, 4.69) is 4.74 Å². The Bertz CT molecular complexity index is 390. The molecule has 1 aromatic carbocycles. The Morgan fingerprint density at radius 2 is 2.18 bits per heavy atom. The Labute approximate surface area is 112 Å². The average Bonchev–Trinajstić information content (AvgIpc) is 2.27. The highest BCUT2D eigenvalue weighted by Crippen LogP contribution is 2.26. The van der Waals surface area contributed by atoms with E-state index in [0.29, 0.717) is 3.57 Å². The normalized spacial score (nSPS) is 14.2. The number of carbonyl (C=O) groups is 1. The zero-order valence-electron chi connectivity index (χ0n) is 9.06. The molecular formula is C11H12FIO4.